The van der Waals surface area contributed by atoms with Crippen molar-refractivity contribution in [3.63, 3.8) is 0 Å². The molecule has 8 nitrogen and oxygen atoms in total. The van der Waals surface area contributed by atoms with Crippen LogP contribution in [-0.4, -0.2) is 31.9 Å². The summed E-state index contributed by atoms with van der Waals surface area (Å²) in [5, 5.41) is 11.9. The molecule has 0 unspecified atom stereocenters. The van der Waals surface area contributed by atoms with Gasteiger partial charge in [0.25, 0.3) is 11.8 Å². The lowest BCUT2D eigenvalue weighted by Gasteiger charge is -2.25. The van der Waals surface area contributed by atoms with Crippen LogP contribution < -0.4 is 10.1 Å². The number of rotatable bonds is 5. The van der Waals surface area contributed by atoms with E-state index in [1.165, 1.54) is 17.8 Å². The Bertz CT molecular complexity index is 979. The van der Waals surface area contributed by atoms with E-state index < -0.39 is 0 Å². The average Bonchev–Trinajstić information content (AvgIpc) is 3.21. The zero-order valence-corrected chi connectivity index (χ0v) is 16.5. The highest BCUT2D eigenvalue weighted by Gasteiger charge is 2.25. The Labute approximate surface area is 160 Å². The Hall–Kier alpha value is -2.68. The Balaban J connectivity index is 1.57. The summed E-state index contributed by atoms with van der Waals surface area (Å²) in [6.45, 7) is 5.52. The SMILES string of the molecule is Cc1nc(-c2c(C)noc2C)sc1C(=O)Nc1cn(C)nc1OC1CCC1. The molecule has 27 heavy (non-hydrogen) atoms. The second-order valence-electron chi connectivity index (χ2n) is 6.78. The van der Waals surface area contributed by atoms with Gasteiger partial charge in [0.05, 0.1) is 23.1 Å². The number of hydrogen-bond donors (Lipinski definition) is 1. The molecule has 1 fully saturated rings. The van der Waals surface area contributed by atoms with Crippen molar-refractivity contribution < 1.29 is 14.1 Å². The summed E-state index contributed by atoms with van der Waals surface area (Å²) in [6.07, 6.45) is 5.16. The predicted octanol–water partition coefficient (Wildman–Crippen LogP) is 3.64. The van der Waals surface area contributed by atoms with Gasteiger partial charge in [-0.1, -0.05) is 5.16 Å². The Morgan fingerprint density at radius 2 is 2.11 bits per heavy atom. The maximum Gasteiger partial charge on any atom is 0.267 e. The molecule has 1 N–H and O–H groups in total. The van der Waals surface area contributed by atoms with Gasteiger partial charge in [-0.25, -0.2) is 4.98 Å². The van der Waals surface area contributed by atoms with E-state index in [-0.39, 0.29) is 12.0 Å². The number of amides is 1. The normalized spacial score (nSPS) is 14.2. The van der Waals surface area contributed by atoms with Crippen molar-refractivity contribution in [2.75, 3.05) is 5.32 Å². The number of ether oxygens (including phenoxy) is 1. The zero-order valence-electron chi connectivity index (χ0n) is 15.7. The number of thiazole rings is 1. The third-order valence-electron chi connectivity index (χ3n) is 4.62. The van der Waals surface area contributed by atoms with Crippen LogP contribution in [0.1, 0.15) is 46.1 Å². The Morgan fingerprint density at radius 3 is 2.74 bits per heavy atom. The van der Waals surface area contributed by atoms with E-state index in [9.17, 15) is 4.79 Å². The molecule has 0 saturated heterocycles. The van der Waals surface area contributed by atoms with Crippen molar-refractivity contribution in [3.8, 4) is 16.5 Å². The molecule has 1 aliphatic carbocycles. The van der Waals surface area contributed by atoms with Gasteiger partial charge in [0.1, 0.15) is 27.4 Å². The molecule has 142 valence electrons. The lowest BCUT2D eigenvalue weighted by molar-refractivity contribution is 0.102. The minimum absolute atomic E-state index is 0.187. The first-order valence-corrected chi connectivity index (χ1v) is 9.66. The molecular weight excluding hydrogens is 366 g/mol. The number of hydrogen-bond acceptors (Lipinski definition) is 7. The zero-order chi connectivity index (χ0) is 19.1. The minimum Gasteiger partial charge on any atom is -0.472 e. The molecule has 0 spiro atoms. The summed E-state index contributed by atoms with van der Waals surface area (Å²) in [5.74, 6) is 0.926. The first-order chi connectivity index (χ1) is 12.9. The van der Waals surface area contributed by atoms with Gasteiger partial charge in [-0.2, -0.15) is 0 Å². The van der Waals surface area contributed by atoms with Gasteiger partial charge in [0.15, 0.2) is 0 Å². The maximum atomic E-state index is 12.8. The largest absolute Gasteiger partial charge is 0.472 e. The van der Waals surface area contributed by atoms with Crippen LogP contribution in [0.3, 0.4) is 0 Å². The summed E-state index contributed by atoms with van der Waals surface area (Å²) < 4.78 is 12.7. The molecule has 3 heterocycles. The molecule has 0 bridgehead atoms. The van der Waals surface area contributed by atoms with E-state index in [2.05, 4.69) is 20.6 Å². The lowest BCUT2D eigenvalue weighted by Crippen LogP contribution is -2.25. The van der Waals surface area contributed by atoms with Crippen molar-refractivity contribution in [1.82, 2.24) is 19.9 Å². The average molecular weight is 387 g/mol. The van der Waals surface area contributed by atoms with E-state index in [0.29, 0.717) is 27.9 Å². The van der Waals surface area contributed by atoms with Crippen LogP contribution in [0.5, 0.6) is 5.88 Å². The molecule has 3 aromatic rings. The van der Waals surface area contributed by atoms with Crippen molar-refractivity contribution >= 4 is 22.9 Å². The summed E-state index contributed by atoms with van der Waals surface area (Å²) in [7, 11) is 1.80. The fourth-order valence-electron chi connectivity index (χ4n) is 2.97. The van der Waals surface area contributed by atoms with Gasteiger partial charge >= 0.3 is 0 Å². The van der Waals surface area contributed by atoms with Gasteiger partial charge in [-0.05, 0) is 40.0 Å². The third-order valence-corrected chi connectivity index (χ3v) is 5.80. The summed E-state index contributed by atoms with van der Waals surface area (Å²) in [4.78, 5) is 17.9. The third kappa shape index (κ3) is 3.34. The fraction of sp³-hybridized carbons (Fsp3) is 0.444. The van der Waals surface area contributed by atoms with Crippen LogP contribution in [0.25, 0.3) is 10.6 Å². The van der Waals surface area contributed by atoms with Gasteiger partial charge in [-0.3, -0.25) is 9.48 Å². The van der Waals surface area contributed by atoms with Gasteiger partial charge in [0, 0.05) is 7.05 Å². The van der Waals surface area contributed by atoms with Gasteiger partial charge in [-0.15, -0.1) is 16.4 Å². The number of aromatic nitrogens is 4. The van der Waals surface area contributed by atoms with Crippen LogP contribution in [-0.2, 0) is 7.05 Å². The highest BCUT2D eigenvalue weighted by molar-refractivity contribution is 7.17. The van der Waals surface area contributed by atoms with Crippen LogP contribution in [0.4, 0.5) is 5.69 Å². The lowest BCUT2D eigenvalue weighted by atomic mass is 9.96. The first-order valence-electron chi connectivity index (χ1n) is 8.84. The number of carbonyl (C=O) groups is 1. The monoisotopic (exact) mass is 387 g/mol. The molecular formula is C18H21N5O3S. The summed E-state index contributed by atoms with van der Waals surface area (Å²) >= 11 is 1.32. The molecule has 0 atom stereocenters. The molecule has 1 saturated carbocycles. The molecule has 0 radical (unpaired) electrons. The number of nitrogens with zero attached hydrogens (tertiary/aromatic N) is 4. The van der Waals surface area contributed by atoms with E-state index in [1.807, 2.05) is 20.8 Å². The van der Waals surface area contributed by atoms with Crippen LogP contribution in [0, 0.1) is 20.8 Å². The van der Waals surface area contributed by atoms with Gasteiger partial charge in [0.2, 0.25) is 0 Å². The highest BCUT2D eigenvalue weighted by atomic mass is 32.1. The van der Waals surface area contributed by atoms with E-state index in [4.69, 9.17) is 9.26 Å². The molecule has 1 aliphatic rings. The van der Waals surface area contributed by atoms with E-state index in [0.717, 1.165) is 29.1 Å². The second-order valence-corrected chi connectivity index (χ2v) is 7.78. The van der Waals surface area contributed by atoms with Crippen molar-refractivity contribution in [3.05, 3.63) is 28.2 Å². The molecule has 4 rings (SSSR count). The van der Waals surface area contributed by atoms with E-state index >= 15 is 0 Å². The predicted molar refractivity (Wildman–Crippen MR) is 101 cm³/mol. The smallest absolute Gasteiger partial charge is 0.267 e. The number of aryl methyl sites for hydroxylation is 4. The quantitative estimate of drug-likeness (QED) is 0.718. The molecule has 1 amide bonds. The fourth-order valence-corrected chi connectivity index (χ4v) is 4.08. The first kappa shape index (κ1) is 17.7. The number of anilines is 1. The number of carbonyl (C=O) groups excluding carboxylic acids is 1. The highest BCUT2D eigenvalue weighted by Crippen LogP contribution is 2.34. The topological polar surface area (TPSA) is 95.1 Å². The van der Waals surface area contributed by atoms with E-state index in [1.54, 1.807) is 17.9 Å². The molecule has 3 aromatic heterocycles. The standard InChI is InChI=1S/C18H21N5O3S/c1-9-14(11(3)26-22-9)18-19-10(2)15(27-18)16(24)20-13-8-23(4)21-17(13)25-12-6-5-7-12/h8,12H,5-7H2,1-4H3,(H,20,24). The van der Waals surface area contributed by atoms with Crippen LogP contribution in [0.2, 0.25) is 0 Å². The second kappa shape index (κ2) is 6.80. The summed E-state index contributed by atoms with van der Waals surface area (Å²) in [6, 6.07) is 0. The molecule has 0 aromatic carbocycles. The van der Waals surface area contributed by atoms with Crippen LogP contribution in [0.15, 0.2) is 10.7 Å². The minimum atomic E-state index is -0.227. The number of nitrogens with one attached hydrogen (secondary N) is 1. The summed E-state index contributed by atoms with van der Waals surface area (Å²) in [5.41, 5.74) is 2.84. The molecule has 0 aliphatic heterocycles. The Kier molecular flexibility index (Phi) is 4.47. The van der Waals surface area contributed by atoms with Crippen LogP contribution >= 0.6 is 11.3 Å². The molecule has 9 heteroatoms. The van der Waals surface area contributed by atoms with Crippen molar-refractivity contribution in [2.45, 2.75) is 46.1 Å². The van der Waals surface area contributed by atoms with Crippen molar-refractivity contribution in [2.24, 2.45) is 7.05 Å². The Morgan fingerprint density at radius 1 is 1.33 bits per heavy atom. The van der Waals surface area contributed by atoms with Crippen molar-refractivity contribution in [1.29, 1.82) is 0 Å². The van der Waals surface area contributed by atoms with Gasteiger partial charge < -0.3 is 14.6 Å². The maximum absolute atomic E-state index is 12.8.